The van der Waals surface area contributed by atoms with E-state index in [0.717, 1.165) is 0 Å². The molecule has 18 heavy (non-hydrogen) atoms. The summed E-state index contributed by atoms with van der Waals surface area (Å²) in [5.74, 6) is -1.23. The van der Waals surface area contributed by atoms with E-state index in [9.17, 15) is 13.2 Å². The van der Waals surface area contributed by atoms with Crippen LogP contribution < -0.4 is 10.5 Å². The van der Waals surface area contributed by atoms with Gasteiger partial charge in [-0.1, -0.05) is 13.0 Å². The number of carbonyl (C=O) groups excluding carboxylic acids is 1. The van der Waals surface area contributed by atoms with Crippen LogP contribution in [-0.4, -0.2) is 14.3 Å². The predicted molar refractivity (Wildman–Crippen MR) is 65.8 cm³/mol. The Balaban J connectivity index is 2.94. The highest BCUT2D eigenvalue weighted by Gasteiger charge is 2.16. The van der Waals surface area contributed by atoms with Crippen molar-refractivity contribution in [1.29, 1.82) is 5.26 Å². The molecule has 3 N–H and O–H groups in total. The highest BCUT2D eigenvalue weighted by molar-refractivity contribution is 7.89. The zero-order chi connectivity index (χ0) is 13.8. The molecule has 0 aliphatic rings. The average molecular weight is 267 g/mol. The van der Waals surface area contributed by atoms with Gasteiger partial charge in [-0.05, 0) is 24.6 Å². The fraction of sp³-hybridized carbons (Fsp3) is 0.273. The fourth-order valence-electron chi connectivity index (χ4n) is 1.32. The van der Waals surface area contributed by atoms with Gasteiger partial charge in [-0.25, -0.2) is 13.6 Å². The number of nitrogens with two attached hydrogens (primary N) is 1. The first-order valence-electron chi connectivity index (χ1n) is 5.21. The Labute approximate surface area is 105 Å². The van der Waals surface area contributed by atoms with E-state index < -0.39 is 21.8 Å². The molecule has 0 heterocycles. The Kier molecular flexibility index (Phi) is 4.42. The Hall–Kier alpha value is -1.91. The van der Waals surface area contributed by atoms with Crippen LogP contribution >= 0.6 is 0 Å². The normalized spacial score (nSPS) is 12.5. The second-order valence-electron chi connectivity index (χ2n) is 3.65. The molecule has 0 spiro atoms. The number of benzene rings is 1. The number of anilines is 1. The first-order valence-corrected chi connectivity index (χ1v) is 6.76. The molecule has 96 valence electrons. The molecule has 0 aromatic heterocycles. The molecule has 0 bridgehead atoms. The number of nitrogens with zero attached hydrogens (tertiary/aromatic N) is 1. The number of hydrogen-bond donors (Lipinski definition) is 2. The first-order chi connectivity index (χ1) is 8.38. The third kappa shape index (κ3) is 3.55. The van der Waals surface area contributed by atoms with Crippen LogP contribution in [0.25, 0.3) is 0 Å². The lowest BCUT2D eigenvalue weighted by atomic mass is 10.1. The van der Waals surface area contributed by atoms with E-state index in [2.05, 4.69) is 5.32 Å². The Morgan fingerprint density at radius 2 is 2.22 bits per heavy atom. The number of rotatable bonds is 4. The van der Waals surface area contributed by atoms with Crippen LogP contribution in [0.2, 0.25) is 0 Å². The average Bonchev–Trinajstić information content (AvgIpc) is 2.29. The maximum Gasteiger partial charge on any atom is 0.241 e. The van der Waals surface area contributed by atoms with Crippen LogP contribution in [0, 0.1) is 17.2 Å². The third-order valence-electron chi connectivity index (χ3n) is 2.31. The van der Waals surface area contributed by atoms with Gasteiger partial charge >= 0.3 is 0 Å². The number of nitriles is 1. The van der Waals surface area contributed by atoms with Crippen molar-refractivity contribution >= 4 is 21.6 Å². The molecule has 0 saturated heterocycles. The Morgan fingerprint density at radius 1 is 1.56 bits per heavy atom. The molecule has 7 heteroatoms. The maximum absolute atomic E-state index is 11.6. The summed E-state index contributed by atoms with van der Waals surface area (Å²) in [6.45, 7) is 1.72. The van der Waals surface area contributed by atoms with Crippen LogP contribution in [0.1, 0.15) is 13.3 Å². The van der Waals surface area contributed by atoms with E-state index in [-0.39, 0.29) is 4.90 Å². The van der Waals surface area contributed by atoms with Gasteiger partial charge in [-0.3, -0.25) is 4.79 Å². The van der Waals surface area contributed by atoms with Crippen LogP contribution in [-0.2, 0) is 14.8 Å². The zero-order valence-electron chi connectivity index (χ0n) is 9.75. The highest BCUT2D eigenvalue weighted by Crippen LogP contribution is 2.15. The number of primary sulfonamides is 1. The summed E-state index contributed by atoms with van der Waals surface area (Å²) >= 11 is 0. The summed E-state index contributed by atoms with van der Waals surface area (Å²) < 4.78 is 22.3. The van der Waals surface area contributed by atoms with Gasteiger partial charge in [0.15, 0.2) is 0 Å². The topological polar surface area (TPSA) is 113 Å². The van der Waals surface area contributed by atoms with Crippen molar-refractivity contribution in [3.05, 3.63) is 24.3 Å². The van der Waals surface area contributed by atoms with E-state index in [0.29, 0.717) is 12.1 Å². The molecule has 1 aromatic carbocycles. The lowest BCUT2D eigenvalue weighted by Gasteiger charge is -2.09. The molecule has 1 atom stereocenters. The summed E-state index contributed by atoms with van der Waals surface area (Å²) in [6.07, 6.45) is 0.386. The number of hydrogen-bond acceptors (Lipinski definition) is 4. The van der Waals surface area contributed by atoms with Crippen molar-refractivity contribution in [3.63, 3.8) is 0 Å². The molecular formula is C11H13N3O3S. The Morgan fingerprint density at radius 3 is 2.72 bits per heavy atom. The fourth-order valence-corrected chi connectivity index (χ4v) is 1.87. The minimum absolute atomic E-state index is 0.0923. The number of amides is 1. The van der Waals surface area contributed by atoms with E-state index in [1.54, 1.807) is 6.92 Å². The van der Waals surface area contributed by atoms with Crippen molar-refractivity contribution in [2.45, 2.75) is 18.2 Å². The number of carbonyl (C=O) groups is 1. The third-order valence-corrected chi connectivity index (χ3v) is 3.22. The van der Waals surface area contributed by atoms with E-state index in [1.165, 1.54) is 24.3 Å². The molecule has 0 radical (unpaired) electrons. The first kappa shape index (κ1) is 14.2. The molecule has 1 aromatic rings. The summed E-state index contributed by atoms with van der Waals surface area (Å²) in [5, 5.41) is 16.2. The van der Waals surface area contributed by atoms with Crippen LogP contribution in [0.5, 0.6) is 0 Å². The summed E-state index contributed by atoms with van der Waals surface area (Å²) in [7, 11) is -3.81. The highest BCUT2D eigenvalue weighted by atomic mass is 32.2. The van der Waals surface area contributed by atoms with Crippen molar-refractivity contribution in [2.75, 3.05) is 5.32 Å². The molecule has 0 aliphatic heterocycles. The lowest BCUT2D eigenvalue weighted by Crippen LogP contribution is -2.21. The van der Waals surface area contributed by atoms with Crippen molar-refractivity contribution in [3.8, 4) is 6.07 Å². The lowest BCUT2D eigenvalue weighted by molar-refractivity contribution is -0.118. The van der Waals surface area contributed by atoms with Gasteiger partial charge in [-0.15, -0.1) is 0 Å². The van der Waals surface area contributed by atoms with Crippen LogP contribution in [0.3, 0.4) is 0 Å². The van der Waals surface area contributed by atoms with Gasteiger partial charge in [0.2, 0.25) is 15.9 Å². The van der Waals surface area contributed by atoms with Gasteiger partial charge in [0, 0.05) is 5.69 Å². The number of sulfonamides is 1. The summed E-state index contributed by atoms with van der Waals surface area (Å²) in [4.78, 5) is 11.5. The van der Waals surface area contributed by atoms with Crippen LogP contribution in [0.15, 0.2) is 29.2 Å². The second-order valence-corrected chi connectivity index (χ2v) is 5.21. The molecule has 1 unspecified atom stereocenters. The summed E-state index contributed by atoms with van der Waals surface area (Å²) in [5.41, 5.74) is 0.292. The predicted octanol–water partition coefficient (Wildman–Crippen LogP) is 0.822. The van der Waals surface area contributed by atoms with E-state index >= 15 is 0 Å². The van der Waals surface area contributed by atoms with Crippen molar-refractivity contribution < 1.29 is 13.2 Å². The smallest absolute Gasteiger partial charge is 0.241 e. The van der Waals surface area contributed by atoms with Crippen LogP contribution in [0.4, 0.5) is 5.69 Å². The van der Waals surface area contributed by atoms with Gasteiger partial charge in [0.25, 0.3) is 0 Å². The maximum atomic E-state index is 11.6. The van der Waals surface area contributed by atoms with E-state index in [4.69, 9.17) is 10.4 Å². The molecule has 0 aliphatic carbocycles. The zero-order valence-corrected chi connectivity index (χ0v) is 10.6. The van der Waals surface area contributed by atoms with Gasteiger partial charge in [0.1, 0.15) is 5.92 Å². The Bertz CT molecular complexity index is 590. The minimum Gasteiger partial charge on any atom is -0.325 e. The monoisotopic (exact) mass is 267 g/mol. The molecule has 0 fully saturated rings. The van der Waals surface area contributed by atoms with Gasteiger partial charge in [0.05, 0.1) is 11.0 Å². The van der Waals surface area contributed by atoms with E-state index in [1.807, 2.05) is 6.07 Å². The minimum atomic E-state index is -3.81. The summed E-state index contributed by atoms with van der Waals surface area (Å²) in [6, 6.07) is 7.42. The SMILES string of the molecule is CCC(C#N)C(=O)Nc1cccc(S(N)(=O)=O)c1. The van der Waals surface area contributed by atoms with Gasteiger partial charge in [-0.2, -0.15) is 5.26 Å². The molecular weight excluding hydrogens is 254 g/mol. The second kappa shape index (κ2) is 5.62. The largest absolute Gasteiger partial charge is 0.325 e. The quantitative estimate of drug-likeness (QED) is 0.840. The standard InChI is InChI=1S/C11H13N3O3S/c1-2-8(7-12)11(15)14-9-4-3-5-10(6-9)18(13,16)17/h3-6,8H,2H2,1H3,(H,14,15)(H2,13,16,17). The molecule has 6 nitrogen and oxygen atoms in total. The van der Waals surface area contributed by atoms with Crippen molar-refractivity contribution in [2.24, 2.45) is 11.1 Å². The molecule has 1 rings (SSSR count). The molecule has 0 saturated carbocycles. The number of nitrogens with one attached hydrogen (secondary N) is 1. The molecule has 1 amide bonds. The van der Waals surface area contributed by atoms with Crippen molar-refractivity contribution in [1.82, 2.24) is 0 Å². The van der Waals surface area contributed by atoms with Gasteiger partial charge < -0.3 is 5.32 Å².